The van der Waals surface area contributed by atoms with Crippen molar-refractivity contribution >= 4 is 5.91 Å². The molecule has 28 heavy (non-hydrogen) atoms. The summed E-state index contributed by atoms with van der Waals surface area (Å²) >= 11 is 0. The number of nitrogens with two attached hydrogens (primary N) is 1. The predicted octanol–water partition coefficient (Wildman–Crippen LogP) is 2.83. The molecule has 2 N–H and O–H groups in total. The highest BCUT2D eigenvalue weighted by Crippen LogP contribution is 2.50. The molecule has 146 valence electrons. The van der Waals surface area contributed by atoms with Gasteiger partial charge in [0.2, 0.25) is 5.91 Å². The Bertz CT molecular complexity index is 892. The number of nitrogens with zero attached hydrogens (tertiary/aromatic N) is 2. The fourth-order valence-corrected chi connectivity index (χ4v) is 5.97. The van der Waals surface area contributed by atoms with Crippen LogP contribution < -0.4 is 10.5 Å². The number of carbonyl (C=O) groups is 1. The van der Waals surface area contributed by atoms with Crippen molar-refractivity contribution < 1.29 is 9.53 Å². The van der Waals surface area contributed by atoms with Gasteiger partial charge in [0.25, 0.3) is 0 Å². The van der Waals surface area contributed by atoms with Gasteiger partial charge in [-0.2, -0.15) is 0 Å². The van der Waals surface area contributed by atoms with E-state index < -0.39 is 0 Å². The molecule has 1 amide bonds. The van der Waals surface area contributed by atoms with Crippen molar-refractivity contribution in [3.63, 3.8) is 0 Å². The molecule has 0 radical (unpaired) electrons. The van der Waals surface area contributed by atoms with Crippen LogP contribution in [0, 0.1) is 11.8 Å². The van der Waals surface area contributed by atoms with Gasteiger partial charge in [0.1, 0.15) is 11.4 Å². The monoisotopic (exact) mass is 377 g/mol. The predicted molar refractivity (Wildman–Crippen MR) is 107 cm³/mol. The highest BCUT2D eigenvalue weighted by Gasteiger charge is 2.54. The minimum absolute atomic E-state index is 0.315. The first-order valence-corrected chi connectivity index (χ1v) is 10.3. The minimum Gasteiger partial charge on any atom is -0.487 e. The lowest BCUT2D eigenvalue weighted by Crippen LogP contribution is -2.63. The second-order valence-corrected chi connectivity index (χ2v) is 8.77. The van der Waals surface area contributed by atoms with Gasteiger partial charge in [-0.05, 0) is 69.0 Å². The Hall–Kier alpha value is -2.40. The van der Waals surface area contributed by atoms with Crippen LogP contribution in [0.5, 0.6) is 5.75 Å². The van der Waals surface area contributed by atoms with Gasteiger partial charge in [-0.1, -0.05) is 12.1 Å². The minimum atomic E-state index is -0.370. The van der Waals surface area contributed by atoms with E-state index >= 15 is 0 Å². The van der Waals surface area contributed by atoms with Crippen LogP contribution in [0.3, 0.4) is 0 Å². The van der Waals surface area contributed by atoms with Gasteiger partial charge in [0.05, 0.1) is 0 Å². The van der Waals surface area contributed by atoms with Crippen LogP contribution >= 0.6 is 0 Å². The molecule has 3 atom stereocenters. The molecule has 5 heteroatoms. The average Bonchev–Trinajstić information content (AvgIpc) is 3.06. The Morgan fingerprint density at radius 2 is 2.11 bits per heavy atom. The third kappa shape index (κ3) is 2.80. The van der Waals surface area contributed by atoms with Gasteiger partial charge in [-0.3, -0.25) is 14.7 Å². The summed E-state index contributed by atoms with van der Waals surface area (Å²) in [6, 6.07) is 10.3. The van der Waals surface area contributed by atoms with Crippen molar-refractivity contribution in [2.24, 2.45) is 17.6 Å². The second kappa shape index (κ2) is 6.59. The van der Waals surface area contributed by atoms with E-state index in [1.54, 1.807) is 0 Å². The van der Waals surface area contributed by atoms with E-state index in [9.17, 15) is 4.79 Å². The Morgan fingerprint density at radius 3 is 2.82 bits per heavy atom. The molecule has 1 aromatic heterocycles. The number of pyridine rings is 1. The van der Waals surface area contributed by atoms with Crippen molar-refractivity contribution in [2.45, 2.75) is 44.2 Å². The van der Waals surface area contributed by atoms with Crippen LogP contribution in [-0.4, -0.2) is 40.5 Å². The molecule has 3 fully saturated rings. The van der Waals surface area contributed by atoms with Gasteiger partial charge < -0.3 is 10.5 Å². The zero-order valence-corrected chi connectivity index (χ0v) is 16.3. The summed E-state index contributed by atoms with van der Waals surface area (Å²) in [7, 11) is 0. The summed E-state index contributed by atoms with van der Waals surface area (Å²) in [5.41, 5.74) is 8.18. The summed E-state index contributed by atoms with van der Waals surface area (Å²) in [6.07, 6.45) is 8.02. The Balaban J connectivity index is 1.49. The number of hydrogen-bond donors (Lipinski definition) is 1. The molecule has 5 nitrogen and oxygen atoms in total. The summed E-state index contributed by atoms with van der Waals surface area (Å²) in [5, 5.41) is 0. The molecule has 3 saturated heterocycles. The molecule has 4 aliphatic heterocycles. The average molecular weight is 377 g/mol. The number of fused-ring (bicyclic) bond motifs is 4. The first kappa shape index (κ1) is 17.7. The number of ether oxygens (including phenoxy) is 1. The standard InChI is InChI=1S/C23H27N3O2/c1-23(13-18-17(22(24)27)5-2-6-20(18)28-23)21-16-7-10-26(11-8-16)19(21)12-15-4-3-9-25-14-15/h2-6,9,14,16,19,21H,7-8,10-13H2,1H3,(H2,24,27). The molecular weight excluding hydrogens is 350 g/mol. The molecule has 6 rings (SSSR count). The number of benzene rings is 1. The topological polar surface area (TPSA) is 68.5 Å². The van der Waals surface area contributed by atoms with E-state index in [2.05, 4.69) is 22.9 Å². The second-order valence-electron chi connectivity index (χ2n) is 8.77. The summed E-state index contributed by atoms with van der Waals surface area (Å²) < 4.78 is 6.60. The van der Waals surface area contributed by atoms with Crippen molar-refractivity contribution in [1.82, 2.24) is 9.88 Å². The van der Waals surface area contributed by atoms with Gasteiger partial charge in [0, 0.05) is 41.9 Å². The lowest BCUT2D eigenvalue weighted by Gasteiger charge is -2.55. The fraction of sp³-hybridized carbons (Fsp3) is 0.478. The highest BCUT2D eigenvalue weighted by atomic mass is 16.5. The Labute approximate surface area is 165 Å². The first-order valence-electron chi connectivity index (χ1n) is 10.3. The van der Waals surface area contributed by atoms with Crippen molar-refractivity contribution in [1.29, 1.82) is 0 Å². The van der Waals surface area contributed by atoms with Crippen molar-refractivity contribution in [3.8, 4) is 5.75 Å². The molecule has 5 heterocycles. The highest BCUT2D eigenvalue weighted by molar-refractivity contribution is 5.95. The van der Waals surface area contributed by atoms with Crippen molar-refractivity contribution in [3.05, 3.63) is 59.4 Å². The number of piperidine rings is 3. The molecule has 3 unspecified atom stereocenters. The van der Waals surface area contributed by atoms with E-state index in [1.165, 1.54) is 31.5 Å². The third-order valence-electron chi connectivity index (χ3n) is 7.11. The molecule has 4 aliphatic rings. The smallest absolute Gasteiger partial charge is 0.249 e. The van der Waals surface area contributed by atoms with E-state index in [4.69, 9.17) is 10.5 Å². The number of rotatable bonds is 4. The third-order valence-corrected chi connectivity index (χ3v) is 7.11. The van der Waals surface area contributed by atoms with Crippen LogP contribution in [0.15, 0.2) is 42.7 Å². The molecule has 1 aromatic carbocycles. The number of primary amides is 1. The molecule has 2 bridgehead atoms. The van der Waals surface area contributed by atoms with Crippen LogP contribution in [0.25, 0.3) is 0 Å². The molecule has 0 aliphatic carbocycles. The molecule has 0 saturated carbocycles. The largest absolute Gasteiger partial charge is 0.487 e. The first-order chi connectivity index (χ1) is 13.5. The van der Waals surface area contributed by atoms with Crippen LogP contribution in [0.4, 0.5) is 0 Å². The van der Waals surface area contributed by atoms with Crippen molar-refractivity contribution in [2.75, 3.05) is 13.1 Å². The van der Waals surface area contributed by atoms with Gasteiger partial charge in [-0.25, -0.2) is 0 Å². The number of hydrogen-bond acceptors (Lipinski definition) is 4. The van der Waals surface area contributed by atoms with E-state index in [-0.39, 0.29) is 11.5 Å². The fourth-order valence-electron chi connectivity index (χ4n) is 5.97. The van der Waals surface area contributed by atoms with Crippen LogP contribution in [0.1, 0.15) is 41.3 Å². The molecule has 0 spiro atoms. The van der Waals surface area contributed by atoms with Gasteiger partial charge in [-0.15, -0.1) is 0 Å². The van der Waals surface area contributed by atoms with E-state index in [0.717, 1.165) is 24.2 Å². The number of carbonyl (C=O) groups excluding carboxylic acids is 1. The summed E-state index contributed by atoms with van der Waals surface area (Å²) in [6.45, 7) is 4.57. The SMILES string of the molecule is CC1(C2C3CCN(CC3)C2Cc2cccnc2)Cc2c(cccc2C(N)=O)O1. The van der Waals surface area contributed by atoms with E-state index in [1.807, 2.05) is 36.7 Å². The quantitative estimate of drug-likeness (QED) is 0.890. The maximum atomic E-state index is 11.9. The zero-order valence-electron chi connectivity index (χ0n) is 16.3. The Morgan fingerprint density at radius 1 is 1.29 bits per heavy atom. The van der Waals surface area contributed by atoms with Gasteiger partial charge >= 0.3 is 0 Å². The molecule has 2 aromatic rings. The maximum Gasteiger partial charge on any atom is 0.249 e. The summed E-state index contributed by atoms with van der Waals surface area (Å²) in [5.74, 6) is 1.53. The number of amides is 1. The normalized spacial score (nSPS) is 33.3. The van der Waals surface area contributed by atoms with E-state index in [0.29, 0.717) is 23.4 Å². The number of aromatic nitrogens is 1. The summed E-state index contributed by atoms with van der Waals surface area (Å²) in [4.78, 5) is 18.9. The maximum absolute atomic E-state index is 11.9. The Kier molecular flexibility index (Phi) is 4.16. The van der Waals surface area contributed by atoms with Crippen LogP contribution in [-0.2, 0) is 12.8 Å². The lowest BCUT2D eigenvalue weighted by molar-refractivity contribution is -0.0981. The zero-order chi connectivity index (χ0) is 19.3. The lowest BCUT2D eigenvalue weighted by atomic mass is 9.64. The van der Waals surface area contributed by atoms with Gasteiger partial charge in [0.15, 0.2) is 0 Å². The molecular formula is C23H27N3O2. The van der Waals surface area contributed by atoms with Crippen LogP contribution in [0.2, 0.25) is 0 Å².